The molecule has 0 atom stereocenters. The van der Waals surface area contributed by atoms with Gasteiger partial charge in [0.15, 0.2) is 0 Å². The molecule has 120 valence electrons. The zero-order valence-electron chi connectivity index (χ0n) is 13.2. The molecule has 0 bridgehead atoms. The van der Waals surface area contributed by atoms with E-state index in [9.17, 15) is 0 Å². The van der Waals surface area contributed by atoms with Crippen LogP contribution in [0.3, 0.4) is 0 Å². The minimum absolute atomic E-state index is 0.329. The van der Waals surface area contributed by atoms with E-state index in [4.69, 9.17) is 16.9 Å². The van der Waals surface area contributed by atoms with Gasteiger partial charge in [0.1, 0.15) is 12.4 Å². The Kier molecular flexibility index (Phi) is 4.90. The van der Waals surface area contributed by atoms with Crippen molar-refractivity contribution in [1.82, 2.24) is 14.8 Å². The Bertz CT molecular complexity index is 846. The van der Waals surface area contributed by atoms with Gasteiger partial charge >= 0.3 is 0 Å². The van der Waals surface area contributed by atoms with Crippen molar-refractivity contribution in [2.75, 3.05) is 12.3 Å². The molecule has 0 spiro atoms. The number of anilines is 1. The number of terminal acetylenes is 1. The monoisotopic (exact) mass is 318 g/mol. The molecule has 5 nitrogen and oxygen atoms in total. The minimum atomic E-state index is 0.329. The molecular formula is C19H18N4O. The molecule has 5 heteroatoms. The normalized spacial score (nSPS) is 10.5. The number of nitrogens with zero attached hydrogens (tertiary/aromatic N) is 3. The molecule has 0 fully saturated rings. The van der Waals surface area contributed by atoms with Crippen LogP contribution in [0.5, 0.6) is 0 Å². The van der Waals surface area contributed by atoms with Crippen LogP contribution in [0.1, 0.15) is 11.1 Å². The smallest absolute Gasteiger partial charge is 0.132 e. The summed E-state index contributed by atoms with van der Waals surface area (Å²) in [6.07, 6.45) is 8.77. The van der Waals surface area contributed by atoms with Crippen molar-refractivity contribution >= 4 is 5.82 Å². The van der Waals surface area contributed by atoms with E-state index in [1.165, 1.54) is 0 Å². The largest absolute Gasteiger partial charge is 0.383 e. The van der Waals surface area contributed by atoms with Gasteiger partial charge in [-0.15, -0.1) is 6.42 Å². The topological polar surface area (TPSA) is 66.0 Å². The number of nitrogen functional groups attached to an aromatic ring is 1. The Morgan fingerprint density at radius 1 is 1.12 bits per heavy atom. The molecule has 24 heavy (non-hydrogen) atoms. The van der Waals surface area contributed by atoms with Gasteiger partial charge in [-0.3, -0.25) is 4.68 Å². The van der Waals surface area contributed by atoms with Crippen molar-refractivity contribution in [3.63, 3.8) is 0 Å². The highest BCUT2D eigenvalue weighted by atomic mass is 16.5. The summed E-state index contributed by atoms with van der Waals surface area (Å²) in [7, 11) is 0. The molecule has 0 amide bonds. The quantitative estimate of drug-likeness (QED) is 0.560. The average Bonchev–Trinajstić information content (AvgIpc) is 3.05. The molecule has 0 radical (unpaired) electrons. The third-order valence-corrected chi connectivity index (χ3v) is 3.58. The second-order valence-electron chi connectivity index (χ2n) is 5.35. The van der Waals surface area contributed by atoms with Gasteiger partial charge in [0.25, 0.3) is 0 Å². The summed E-state index contributed by atoms with van der Waals surface area (Å²) in [6, 6.07) is 13.9. The van der Waals surface area contributed by atoms with E-state index in [-0.39, 0.29) is 0 Å². The maximum Gasteiger partial charge on any atom is 0.132 e. The van der Waals surface area contributed by atoms with Crippen LogP contribution in [0.25, 0.3) is 11.3 Å². The molecule has 2 heterocycles. The highest BCUT2D eigenvalue weighted by molar-refractivity contribution is 5.70. The minimum Gasteiger partial charge on any atom is -0.383 e. The third kappa shape index (κ3) is 3.80. The molecule has 3 aromatic rings. The molecule has 2 aromatic heterocycles. The van der Waals surface area contributed by atoms with Gasteiger partial charge in [-0.2, -0.15) is 5.10 Å². The van der Waals surface area contributed by atoms with Gasteiger partial charge in [-0.25, -0.2) is 4.98 Å². The second-order valence-corrected chi connectivity index (χ2v) is 5.35. The number of nitrogens with two attached hydrogens (primary N) is 1. The van der Waals surface area contributed by atoms with Crippen LogP contribution in [0.15, 0.2) is 54.9 Å². The number of aromatic nitrogens is 3. The maximum absolute atomic E-state index is 5.90. The lowest BCUT2D eigenvalue weighted by Gasteiger charge is -2.05. The van der Waals surface area contributed by atoms with Crippen molar-refractivity contribution < 1.29 is 4.74 Å². The summed E-state index contributed by atoms with van der Waals surface area (Å²) < 4.78 is 7.20. The number of pyridine rings is 1. The standard InChI is InChI=1S/C19H18N4O/c1-2-12-24-14-16-7-5-15(6-8-16)13-23-11-9-18(22-23)17-4-3-10-21-19(17)20/h1,3-11H,12-14H2,(H2,20,21). The predicted molar refractivity (Wildman–Crippen MR) is 93.9 cm³/mol. The molecule has 1 aromatic carbocycles. The first-order valence-corrected chi connectivity index (χ1v) is 7.59. The summed E-state index contributed by atoms with van der Waals surface area (Å²) in [4.78, 5) is 4.09. The Morgan fingerprint density at radius 3 is 2.67 bits per heavy atom. The van der Waals surface area contributed by atoms with Gasteiger partial charge in [0.2, 0.25) is 0 Å². The zero-order chi connectivity index (χ0) is 16.8. The third-order valence-electron chi connectivity index (χ3n) is 3.58. The van der Waals surface area contributed by atoms with Crippen LogP contribution in [0.2, 0.25) is 0 Å². The zero-order valence-corrected chi connectivity index (χ0v) is 13.2. The molecule has 2 N–H and O–H groups in total. The Morgan fingerprint density at radius 2 is 1.92 bits per heavy atom. The Balaban J connectivity index is 1.67. The van der Waals surface area contributed by atoms with Crippen LogP contribution < -0.4 is 5.73 Å². The Hall–Kier alpha value is -3.10. The van der Waals surface area contributed by atoms with Gasteiger partial charge in [0.05, 0.1) is 18.8 Å². The van der Waals surface area contributed by atoms with Crippen LogP contribution in [-0.2, 0) is 17.9 Å². The fourth-order valence-electron chi connectivity index (χ4n) is 2.38. The molecule has 3 rings (SSSR count). The van der Waals surface area contributed by atoms with Crippen molar-refractivity contribution in [3.05, 3.63) is 66.0 Å². The summed E-state index contributed by atoms with van der Waals surface area (Å²) >= 11 is 0. The van der Waals surface area contributed by atoms with E-state index in [1.54, 1.807) is 6.20 Å². The molecule has 0 aliphatic carbocycles. The highest BCUT2D eigenvalue weighted by Gasteiger charge is 2.07. The van der Waals surface area contributed by atoms with Crippen molar-refractivity contribution in [2.24, 2.45) is 0 Å². The first-order chi connectivity index (χ1) is 11.8. The molecule has 0 saturated carbocycles. The van der Waals surface area contributed by atoms with E-state index >= 15 is 0 Å². The molecule has 0 aliphatic rings. The number of ether oxygens (including phenoxy) is 1. The summed E-state index contributed by atoms with van der Waals surface area (Å²) in [6.45, 7) is 1.54. The van der Waals surface area contributed by atoms with Gasteiger partial charge < -0.3 is 10.5 Å². The average molecular weight is 318 g/mol. The number of rotatable bonds is 6. The van der Waals surface area contributed by atoms with Crippen molar-refractivity contribution in [1.29, 1.82) is 0 Å². The Labute approximate surface area is 141 Å². The van der Waals surface area contributed by atoms with Crippen LogP contribution in [0.4, 0.5) is 5.82 Å². The lowest BCUT2D eigenvalue weighted by atomic mass is 10.1. The summed E-state index contributed by atoms with van der Waals surface area (Å²) in [5.41, 5.74) is 9.81. The fraction of sp³-hybridized carbons (Fsp3) is 0.158. The molecular weight excluding hydrogens is 300 g/mol. The second kappa shape index (κ2) is 7.44. The van der Waals surface area contributed by atoms with E-state index < -0.39 is 0 Å². The summed E-state index contributed by atoms with van der Waals surface area (Å²) in [5.74, 6) is 2.94. The van der Waals surface area contributed by atoms with Crippen LogP contribution in [-0.4, -0.2) is 21.4 Å². The van der Waals surface area contributed by atoms with Crippen LogP contribution in [0, 0.1) is 12.3 Å². The van der Waals surface area contributed by atoms with Crippen molar-refractivity contribution in [3.8, 4) is 23.6 Å². The SMILES string of the molecule is C#CCOCc1ccc(Cn2ccc(-c3cccnc3N)n2)cc1. The summed E-state index contributed by atoms with van der Waals surface area (Å²) in [5, 5.41) is 4.57. The number of benzene rings is 1. The fourth-order valence-corrected chi connectivity index (χ4v) is 2.38. The lowest BCUT2D eigenvalue weighted by Crippen LogP contribution is -2.01. The van der Waals surface area contributed by atoms with E-state index in [0.717, 1.165) is 22.4 Å². The number of hydrogen-bond donors (Lipinski definition) is 1. The molecule has 0 aliphatic heterocycles. The van der Waals surface area contributed by atoms with Gasteiger partial charge in [-0.05, 0) is 29.3 Å². The lowest BCUT2D eigenvalue weighted by molar-refractivity contribution is 0.153. The molecule has 0 saturated heterocycles. The predicted octanol–water partition coefficient (Wildman–Crippen LogP) is 2.73. The highest BCUT2D eigenvalue weighted by Crippen LogP contribution is 2.21. The van der Waals surface area contributed by atoms with Gasteiger partial charge in [-0.1, -0.05) is 30.2 Å². The molecule has 0 unspecified atom stereocenters. The first kappa shape index (κ1) is 15.8. The van der Waals surface area contributed by atoms with Gasteiger partial charge in [0, 0.05) is 18.0 Å². The first-order valence-electron chi connectivity index (χ1n) is 7.59. The van der Waals surface area contributed by atoms with Crippen molar-refractivity contribution in [2.45, 2.75) is 13.2 Å². The van der Waals surface area contributed by atoms with E-state index in [1.807, 2.05) is 41.2 Å². The maximum atomic E-state index is 5.90. The van der Waals surface area contributed by atoms with E-state index in [2.05, 4.69) is 28.1 Å². The number of hydrogen-bond acceptors (Lipinski definition) is 4. The van der Waals surface area contributed by atoms with E-state index in [0.29, 0.717) is 25.6 Å². The van der Waals surface area contributed by atoms with Crippen LogP contribution >= 0.6 is 0 Å².